The number of likely N-dealkylation sites (tertiary alicyclic amines) is 1. The zero-order valence-electron chi connectivity index (χ0n) is 17.2. The predicted molar refractivity (Wildman–Crippen MR) is 109 cm³/mol. The summed E-state index contributed by atoms with van der Waals surface area (Å²) < 4.78 is 29.0. The van der Waals surface area contributed by atoms with Crippen molar-refractivity contribution in [1.82, 2.24) is 4.90 Å². The maximum absolute atomic E-state index is 13.0. The quantitative estimate of drug-likeness (QED) is 0.650. The summed E-state index contributed by atoms with van der Waals surface area (Å²) in [5.74, 6) is -1.05. The van der Waals surface area contributed by atoms with Crippen LogP contribution >= 0.6 is 0 Å². The molecule has 2 saturated heterocycles. The Morgan fingerprint density at radius 3 is 2.20 bits per heavy atom. The van der Waals surface area contributed by atoms with Crippen LogP contribution < -0.4 is 0 Å². The Balaban J connectivity index is 1.48. The molecular formula is C23H27NO6. The topological polar surface area (TPSA) is 66.5 Å². The molecule has 4 rings (SSSR count). The summed E-state index contributed by atoms with van der Waals surface area (Å²) in [6, 6.07) is 19.0. The molecule has 3 atom stereocenters. The molecule has 2 fully saturated rings. The summed E-state index contributed by atoms with van der Waals surface area (Å²) in [5.41, 5.74) is 1.98. The van der Waals surface area contributed by atoms with Crippen molar-refractivity contribution in [1.29, 1.82) is 0 Å². The molecule has 2 aliphatic heterocycles. The predicted octanol–water partition coefficient (Wildman–Crippen LogP) is 2.98. The molecule has 7 nitrogen and oxygen atoms in total. The first kappa shape index (κ1) is 20.8. The maximum Gasteiger partial charge on any atom is 0.410 e. The van der Waals surface area contributed by atoms with E-state index >= 15 is 0 Å². The largest absolute Gasteiger partial charge is 0.445 e. The molecule has 0 N–H and O–H groups in total. The third-order valence-corrected chi connectivity index (χ3v) is 5.76. The zero-order valence-corrected chi connectivity index (χ0v) is 17.2. The van der Waals surface area contributed by atoms with Crippen molar-refractivity contribution in [2.24, 2.45) is 0 Å². The summed E-state index contributed by atoms with van der Waals surface area (Å²) in [6.45, 7) is 1.17. The Hall–Kier alpha value is -2.45. The monoisotopic (exact) mass is 413 g/mol. The van der Waals surface area contributed by atoms with Crippen LogP contribution in [0.5, 0.6) is 0 Å². The van der Waals surface area contributed by atoms with Gasteiger partial charge in [-0.3, -0.25) is 4.90 Å². The number of benzene rings is 2. The molecule has 0 unspecified atom stereocenters. The van der Waals surface area contributed by atoms with Gasteiger partial charge in [-0.2, -0.15) is 0 Å². The van der Waals surface area contributed by atoms with Crippen LogP contribution in [0.1, 0.15) is 11.1 Å². The van der Waals surface area contributed by atoms with Crippen LogP contribution in [0.15, 0.2) is 60.7 Å². The minimum atomic E-state index is -1.05. The molecule has 2 heterocycles. The lowest BCUT2D eigenvalue weighted by molar-refractivity contribution is -0.224. The SMILES string of the molecule is COC1(OC)CO[C@H]2[C@@H]1N(C(=O)OCc1ccccc1)C[C@H]2OCc1ccccc1. The lowest BCUT2D eigenvalue weighted by Crippen LogP contribution is -2.55. The highest BCUT2D eigenvalue weighted by Gasteiger charge is 2.62. The smallest absolute Gasteiger partial charge is 0.410 e. The van der Waals surface area contributed by atoms with Crippen molar-refractivity contribution < 1.29 is 28.5 Å². The Kier molecular flexibility index (Phi) is 6.34. The number of hydrogen-bond acceptors (Lipinski definition) is 6. The van der Waals surface area contributed by atoms with Crippen LogP contribution in [0.3, 0.4) is 0 Å². The second kappa shape index (κ2) is 9.14. The molecule has 0 aliphatic carbocycles. The van der Waals surface area contributed by atoms with Gasteiger partial charge in [-0.15, -0.1) is 0 Å². The first-order valence-electron chi connectivity index (χ1n) is 10.0. The van der Waals surface area contributed by atoms with Crippen LogP contribution in [-0.4, -0.2) is 62.4 Å². The lowest BCUT2D eigenvalue weighted by Gasteiger charge is -2.35. The van der Waals surface area contributed by atoms with E-state index in [4.69, 9.17) is 23.7 Å². The van der Waals surface area contributed by atoms with Gasteiger partial charge in [-0.1, -0.05) is 60.7 Å². The van der Waals surface area contributed by atoms with Crippen LogP contribution in [0.4, 0.5) is 4.79 Å². The van der Waals surface area contributed by atoms with Crippen LogP contribution in [0.25, 0.3) is 0 Å². The van der Waals surface area contributed by atoms with Gasteiger partial charge in [0.1, 0.15) is 31.5 Å². The summed E-state index contributed by atoms with van der Waals surface area (Å²) >= 11 is 0. The van der Waals surface area contributed by atoms with Crippen LogP contribution in [0.2, 0.25) is 0 Å². The van der Waals surface area contributed by atoms with Gasteiger partial charge < -0.3 is 23.7 Å². The fourth-order valence-corrected chi connectivity index (χ4v) is 4.13. The van der Waals surface area contributed by atoms with E-state index in [9.17, 15) is 4.79 Å². The van der Waals surface area contributed by atoms with Gasteiger partial charge in [-0.05, 0) is 11.1 Å². The molecule has 0 aromatic heterocycles. The maximum atomic E-state index is 13.0. The molecule has 2 aliphatic rings. The zero-order chi connectivity index (χ0) is 21.0. The molecule has 0 saturated carbocycles. The van der Waals surface area contributed by atoms with Crippen LogP contribution in [0, 0.1) is 0 Å². The van der Waals surface area contributed by atoms with E-state index in [0.29, 0.717) is 13.2 Å². The van der Waals surface area contributed by atoms with E-state index < -0.39 is 17.9 Å². The van der Waals surface area contributed by atoms with Gasteiger partial charge >= 0.3 is 6.09 Å². The Morgan fingerprint density at radius 1 is 1.00 bits per heavy atom. The normalized spacial score (nSPS) is 24.6. The highest BCUT2D eigenvalue weighted by atomic mass is 16.7. The number of methoxy groups -OCH3 is 2. The van der Waals surface area contributed by atoms with Gasteiger partial charge in [0.25, 0.3) is 0 Å². The summed E-state index contributed by atoms with van der Waals surface area (Å²) in [7, 11) is 3.11. The van der Waals surface area contributed by atoms with E-state index in [1.165, 1.54) is 0 Å². The molecule has 7 heteroatoms. The fourth-order valence-electron chi connectivity index (χ4n) is 4.13. The fraction of sp³-hybridized carbons (Fsp3) is 0.435. The second-order valence-corrected chi connectivity index (χ2v) is 7.47. The van der Waals surface area contributed by atoms with Crippen molar-refractivity contribution in [3.63, 3.8) is 0 Å². The van der Waals surface area contributed by atoms with Crippen molar-refractivity contribution >= 4 is 6.09 Å². The molecule has 0 radical (unpaired) electrons. The van der Waals surface area contributed by atoms with Crippen LogP contribution in [-0.2, 0) is 36.9 Å². The van der Waals surface area contributed by atoms with Gasteiger partial charge in [-0.25, -0.2) is 4.79 Å². The second-order valence-electron chi connectivity index (χ2n) is 7.47. The highest BCUT2D eigenvalue weighted by molar-refractivity contribution is 5.69. The molecule has 0 spiro atoms. The molecular weight excluding hydrogens is 386 g/mol. The highest BCUT2D eigenvalue weighted by Crippen LogP contribution is 2.40. The molecule has 2 aromatic carbocycles. The number of amides is 1. The third kappa shape index (κ3) is 4.06. The molecule has 160 valence electrons. The minimum Gasteiger partial charge on any atom is -0.445 e. The third-order valence-electron chi connectivity index (χ3n) is 5.76. The Bertz CT molecular complexity index is 826. The van der Waals surface area contributed by atoms with E-state index in [1.807, 2.05) is 60.7 Å². The van der Waals surface area contributed by atoms with E-state index in [1.54, 1.807) is 19.1 Å². The first-order chi connectivity index (χ1) is 14.7. The van der Waals surface area contributed by atoms with Crippen molar-refractivity contribution in [3.8, 4) is 0 Å². The Labute approximate surface area is 176 Å². The number of carbonyl (C=O) groups is 1. The number of carbonyl (C=O) groups excluding carboxylic acids is 1. The van der Waals surface area contributed by atoms with Gasteiger partial charge in [0.2, 0.25) is 5.79 Å². The summed E-state index contributed by atoms with van der Waals surface area (Å²) in [4.78, 5) is 14.6. The number of ether oxygens (including phenoxy) is 5. The van der Waals surface area contributed by atoms with Crippen molar-refractivity contribution in [3.05, 3.63) is 71.8 Å². The number of rotatable bonds is 7. The number of nitrogens with zero attached hydrogens (tertiary/aromatic N) is 1. The summed E-state index contributed by atoms with van der Waals surface area (Å²) in [5, 5.41) is 0. The molecule has 30 heavy (non-hydrogen) atoms. The van der Waals surface area contributed by atoms with E-state index in [-0.39, 0.29) is 25.4 Å². The molecule has 2 aromatic rings. The molecule has 0 bridgehead atoms. The Morgan fingerprint density at radius 2 is 1.60 bits per heavy atom. The van der Waals surface area contributed by atoms with E-state index in [0.717, 1.165) is 11.1 Å². The van der Waals surface area contributed by atoms with Gasteiger partial charge in [0.05, 0.1) is 13.2 Å². The average Bonchev–Trinajstić information content (AvgIpc) is 3.36. The average molecular weight is 413 g/mol. The number of hydrogen-bond donors (Lipinski definition) is 0. The van der Waals surface area contributed by atoms with E-state index in [2.05, 4.69) is 0 Å². The first-order valence-corrected chi connectivity index (χ1v) is 10.0. The van der Waals surface area contributed by atoms with Crippen molar-refractivity contribution in [2.75, 3.05) is 27.4 Å². The van der Waals surface area contributed by atoms with Crippen molar-refractivity contribution in [2.45, 2.75) is 37.3 Å². The van der Waals surface area contributed by atoms with Gasteiger partial charge in [0, 0.05) is 14.2 Å². The standard InChI is InChI=1S/C23H27NO6/c1-26-23(27-2)16-30-20-19(28-14-17-9-5-3-6-10-17)13-24(21(20)23)22(25)29-15-18-11-7-4-8-12-18/h3-12,19-21H,13-16H2,1-2H3/t19-,20-,21+/m1/s1. The summed E-state index contributed by atoms with van der Waals surface area (Å²) in [6.07, 6.45) is -1.12. The molecule has 1 amide bonds. The number of fused-ring (bicyclic) bond motifs is 1. The lowest BCUT2D eigenvalue weighted by atomic mass is 10.0. The minimum absolute atomic E-state index is 0.191. The van der Waals surface area contributed by atoms with Gasteiger partial charge in [0.15, 0.2) is 0 Å².